The number of benzene rings is 1. The van der Waals surface area contributed by atoms with Crippen LogP contribution in [0.1, 0.15) is 5.56 Å². The number of ether oxygens (including phenoxy) is 1. The van der Waals surface area contributed by atoms with Crippen molar-refractivity contribution in [2.75, 3.05) is 20.3 Å². The molecule has 6 heteroatoms. The van der Waals surface area contributed by atoms with Gasteiger partial charge in [-0.2, -0.15) is 0 Å². The van der Waals surface area contributed by atoms with Gasteiger partial charge in [0, 0.05) is 37.4 Å². The van der Waals surface area contributed by atoms with Crippen molar-refractivity contribution in [1.82, 2.24) is 10.3 Å². The second-order valence-corrected chi connectivity index (χ2v) is 5.41. The van der Waals surface area contributed by atoms with E-state index < -0.39 is 11.6 Å². The van der Waals surface area contributed by atoms with E-state index in [2.05, 4.69) is 10.3 Å². The highest BCUT2D eigenvalue weighted by atomic mass is 32.2. The molecule has 3 nitrogen and oxygen atoms in total. The number of nitrogens with zero attached hydrogens (tertiary/aromatic N) is 1. The van der Waals surface area contributed by atoms with Crippen molar-refractivity contribution >= 4 is 11.8 Å². The summed E-state index contributed by atoms with van der Waals surface area (Å²) in [6, 6.07) is 7.27. The van der Waals surface area contributed by atoms with E-state index in [9.17, 15) is 8.78 Å². The Balaban J connectivity index is 1.92. The van der Waals surface area contributed by atoms with E-state index >= 15 is 0 Å². The Morgan fingerprint density at radius 2 is 2.10 bits per heavy atom. The molecule has 0 amide bonds. The van der Waals surface area contributed by atoms with Crippen LogP contribution >= 0.6 is 11.8 Å². The SMILES string of the molecule is COCCNCc1ccc(Sc2ccc(F)cc2F)nc1. The number of hydrogen-bond donors (Lipinski definition) is 1. The molecule has 21 heavy (non-hydrogen) atoms. The van der Waals surface area contributed by atoms with Gasteiger partial charge in [-0.05, 0) is 23.8 Å². The summed E-state index contributed by atoms with van der Waals surface area (Å²) in [6.45, 7) is 2.13. The molecule has 0 bridgehead atoms. The van der Waals surface area contributed by atoms with Gasteiger partial charge in [0.15, 0.2) is 0 Å². The third-order valence-corrected chi connectivity index (χ3v) is 3.72. The summed E-state index contributed by atoms with van der Waals surface area (Å²) in [6.07, 6.45) is 1.74. The minimum absolute atomic E-state index is 0.356. The highest BCUT2D eigenvalue weighted by Crippen LogP contribution is 2.28. The third-order valence-electron chi connectivity index (χ3n) is 2.72. The molecule has 2 aromatic rings. The van der Waals surface area contributed by atoms with E-state index in [0.717, 1.165) is 18.2 Å². The van der Waals surface area contributed by atoms with Gasteiger partial charge in [-0.3, -0.25) is 0 Å². The molecule has 0 fully saturated rings. The lowest BCUT2D eigenvalue weighted by atomic mass is 10.3. The lowest BCUT2D eigenvalue weighted by Crippen LogP contribution is -2.18. The molecule has 0 atom stereocenters. The molecule has 112 valence electrons. The predicted octanol–water partition coefficient (Wildman–Crippen LogP) is 3.25. The number of hydrogen-bond acceptors (Lipinski definition) is 4. The van der Waals surface area contributed by atoms with Gasteiger partial charge < -0.3 is 10.1 Å². The van der Waals surface area contributed by atoms with Gasteiger partial charge in [0.25, 0.3) is 0 Å². The maximum Gasteiger partial charge on any atom is 0.140 e. The Kier molecular flexibility index (Phi) is 6.10. The minimum Gasteiger partial charge on any atom is -0.383 e. The van der Waals surface area contributed by atoms with Crippen LogP contribution in [-0.2, 0) is 11.3 Å². The quantitative estimate of drug-likeness (QED) is 0.796. The molecule has 0 saturated carbocycles. The molecule has 0 unspecified atom stereocenters. The molecule has 0 aliphatic rings. The molecule has 1 aromatic carbocycles. The van der Waals surface area contributed by atoms with Crippen LogP contribution in [-0.4, -0.2) is 25.2 Å². The zero-order chi connectivity index (χ0) is 15.1. The van der Waals surface area contributed by atoms with Crippen molar-refractivity contribution in [3.05, 3.63) is 53.7 Å². The zero-order valence-corrected chi connectivity index (χ0v) is 12.4. The lowest BCUT2D eigenvalue weighted by Gasteiger charge is -2.06. The molecular weight excluding hydrogens is 294 g/mol. The summed E-state index contributed by atoms with van der Waals surface area (Å²) in [7, 11) is 1.66. The van der Waals surface area contributed by atoms with Crippen LogP contribution in [0.4, 0.5) is 8.78 Å². The molecular formula is C15H16F2N2OS. The van der Waals surface area contributed by atoms with Gasteiger partial charge in [-0.1, -0.05) is 17.8 Å². The molecule has 1 aromatic heterocycles. The fourth-order valence-electron chi connectivity index (χ4n) is 1.65. The second kappa shape index (κ2) is 8.07. The summed E-state index contributed by atoms with van der Waals surface area (Å²) in [5.41, 5.74) is 1.04. The fraction of sp³-hybridized carbons (Fsp3) is 0.267. The van der Waals surface area contributed by atoms with E-state index in [1.165, 1.54) is 23.9 Å². The van der Waals surface area contributed by atoms with Crippen LogP contribution in [0.2, 0.25) is 0 Å². The Morgan fingerprint density at radius 3 is 2.76 bits per heavy atom. The van der Waals surface area contributed by atoms with Crippen molar-refractivity contribution in [3.63, 3.8) is 0 Å². The van der Waals surface area contributed by atoms with Gasteiger partial charge >= 0.3 is 0 Å². The number of methoxy groups -OCH3 is 1. The Bertz CT molecular complexity index is 578. The highest BCUT2D eigenvalue weighted by Gasteiger charge is 2.06. The number of halogens is 2. The molecule has 1 heterocycles. The predicted molar refractivity (Wildman–Crippen MR) is 78.3 cm³/mol. The summed E-state index contributed by atoms with van der Waals surface area (Å²) >= 11 is 1.17. The molecule has 1 N–H and O–H groups in total. The molecule has 0 spiro atoms. The Morgan fingerprint density at radius 1 is 1.24 bits per heavy atom. The largest absolute Gasteiger partial charge is 0.383 e. The zero-order valence-electron chi connectivity index (χ0n) is 11.6. The maximum absolute atomic E-state index is 13.5. The highest BCUT2D eigenvalue weighted by molar-refractivity contribution is 7.99. The Hall–Kier alpha value is -1.50. The van der Waals surface area contributed by atoms with Gasteiger partial charge in [-0.15, -0.1) is 0 Å². The second-order valence-electron chi connectivity index (χ2n) is 4.35. The third kappa shape index (κ3) is 5.08. The fourth-order valence-corrected chi connectivity index (χ4v) is 2.41. The minimum atomic E-state index is -0.581. The van der Waals surface area contributed by atoms with Crippen LogP contribution in [0.15, 0.2) is 46.5 Å². The van der Waals surface area contributed by atoms with Crippen LogP contribution in [0, 0.1) is 11.6 Å². The summed E-state index contributed by atoms with van der Waals surface area (Å²) in [4.78, 5) is 4.62. The van der Waals surface area contributed by atoms with Crippen LogP contribution in [0.5, 0.6) is 0 Å². The monoisotopic (exact) mass is 310 g/mol. The first-order chi connectivity index (χ1) is 10.2. The standard InChI is InChI=1S/C15H16F2N2OS/c1-20-7-6-18-9-11-2-5-15(19-10-11)21-14-4-3-12(16)8-13(14)17/h2-5,8,10,18H,6-7,9H2,1H3. The first-order valence-corrected chi connectivity index (χ1v) is 7.28. The number of rotatable bonds is 7. The van der Waals surface area contributed by atoms with Gasteiger partial charge in [0.1, 0.15) is 16.7 Å². The molecule has 0 aliphatic heterocycles. The van der Waals surface area contributed by atoms with Crippen LogP contribution in [0.3, 0.4) is 0 Å². The summed E-state index contributed by atoms with van der Waals surface area (Å²) in [5, 5.41) is 3.88. The lowest BCUT2D eigenvalue weighted by molar-refractivity contribution is 0.199. The van der Waals surface area contributed by atoms with Gasteiger partial charge in [0.2, 0.25) is 0 Å². The topological polar surface area (TPSA) is 34.1 Å². The van der Waals surface area contributed by atoms with Crippen molar-refractivity contribution in [2.45, 2.75) is 16.5 Å². The van der Waals surface area contributed by atoms with Gasteiger partial charge in [0.05, 0.1) is 6.61 Å². The van der Waals surface area contributed by atoms with E-state index in [-0.39, 0.29) is 0 Å². The van der Waals surface area contributed by atoms with E-state index in [1.54, 1.807) is 13.3 Å². The van der Waals surface area contributed by atoms with Gasteiger partial charge in [-0.25, -0.2) is 13.8 Å². The van der Waals surface area contributed by atoms with Crippen molar-refractivity contribution in [3.8, 4) is 0 Å². The maximum atomic E-state index is 13.5. The first-order valence-electron chi connectivity index (χ1n) is 6.46. The smallest absolute Gasteiger partial charge is 0.140 e. The van der Waals surface area contributed by atoms with Crippen molar-refractivity contribution in [1.29, 1.82) is 0 Å². The molecule has 0 saturated heterocycles. The molecule has 2 rings (SSSR count). The number of aromatic nitrogens is 1. The average molecular weight is 310 g/mol. The van der Waals surface area contributed by atoms with E-state index in [1.807, 2.05) is 12.1 Å². The van der Waals surface area contributed by atoms with Crippen molar-refractivity contribution < 1.29 is 13.5 Å². The van der Waals surface area contributed by atoms with E-state index in [0.29, 0.717) is 23.1 Å². The molecule has 0 radical (unpaired) electrons. The van der Waals surface area contributed by atoms with Crippen molar-refractivity contribution in [2.24, 2.45) is 0 Å². The Labute approximate surface area is 126 Å². The summed E-state index contributed by atoms with van der Waals surface area (Å²) < 4.78 is 31.3. The number of nitrogens with one attached hydrogen (secondary N) is 1. The first kappa shape index (κ1) is 15.9. The number of pyridine rings is 1. The summed E-state index contributed by atoms with van der Waals surface area (Å²) in [5.74, 6) is -1.16. The van der Waals surface area contributed by atoms with E-state index in [4.69, 9.17) is 4.74 Å². The normalized spacial score (nSPS) is 10.8. The molecule has 0 aliphatic carbocycles. The average Bonchev–Trinajstić information content (AvgIpc) is 2.48. The van der Waals surface area contributed by atoms with Crippen LogP contribution in [0.25, 0.3) is 0 Å². The van der Waals surface area contributed by atoms with Crippen LogP contribution < -0.4 is 5.32 Å².